The molecule has 0 spiro atoms. The second-order valence-electron chi connectivity index (χ2n) is 9.64. The fourth-order valence-electron chi connectivity index (χ4n) is 4.78. The highest BCUT2D eigenvalue weighted by Gasteiger charge is 2.30. The first-order valence-electron chi connectivity index (χ1n) is 11.9. The van der Waals surface area contributed by atoms with E-state index >= 15 is 0 Å². The number of benzene rings is 2. The summed E-state index contributed by atoms with van der Waals surface area (Å²) in [6.07, 6.45) is 8.04. The third kappa shape index (κ3) is 3.84. The van der Waals surface area contributed by atoms with Crippen LogP contribution >= 0.6 is 0 Å². The van der Waals surface area contributed by atoms with E-state index in [1.165, 1.54) is 27.9 Å². The molecule has 5 nitrogen and oxygen atoms in total. The summed E-state index contributed by atoms with van der Waals surface area (Å²) in [5.41, 5.74) is 8.06. The fraction of sp³-hybridized carbons (Fsp3) is 0.345. The zero-order valence-electron chi connectivity index (χ0n) is 21.5. The van der Waals surface area contributed by atoms with Crippen molar-refractivity contribution in [2.24, 2.45) is 7.05 Å². The minimum Gasteiger partial charge on any atom is -0.283 e. The predicted octanol–water partition coefficient (Wildman–Crippen LogP) is 5.70. The van der Waals surface area contributed by atoms with Crippen LogP contribution in [0.25, 0.3) is 22.8 Å². The molecule has 174 valence electrons. The second-order valence-corrected chi connectivity index (χ2v) is 9.64. The van der Waals surface area contributed by atoms with Gasteiger partial charge < -0.3 is 0 Å². The van der Waals surface area contributed by atoms with Gasteiger partial charge in [0.2, 0.25) is 5.69 Å². The van der Waals surface area contributed by atoms with Crippen molar-refractivity contribution < 1.29 is 4.57 Å². The van der Waals surface area contributed by atoms with E-state index in [0.29, 0.717) is 11.8 Å². The van der Waals surface area contributed by atoms with E-state index in [2.05, 4.69) is 114 Å². The Kier molecular flexibility index (Phi) is 6.18. The molecule has 0 fully saturated rings. The van der Waals surface area contributed by atoms with Crippen LogP contribution in [0.2, 0.25) is 0 Å². The molecule has 5 heteroatoms. The van der Waals surface area contributed by atoms with Gasteiger partial charge in [0.1, 0.15) is 17.3 Å². The molecule has 0 atom stereocenters. The van der Waals surface area contributed by atoms with Crippen molar-refractivity contribution in [3.05, 3.63) is 76.6 Å². The van der Waals surface area contributed by atoms with Gasteiger partial charge in [0, 0.05) is 16.8 Å². The molecule has 0 aliphatic rings. The molecule has 2 aromatic heterocycles. The lowest BCUT2D eigenvalue weighted by atomic mass is 9.91. The van der Waals surface area contributed by atoms with Crippen molar-refractivity contribution >= 4 is 0 Å². The molecule has 0 bridgehead atoms. The van der Waals surface area contributed by atoms with Gasteiger partial charge in [0.15, 0.2) is 6.20 Å². The summed E-state index contributed by atoms with van der Waals surface area (Å²) in [6.45, 7) is 15.1. The molecule has 4 rings (SSSR count). The van der Waals surface area contributed by atoms with Gasteiger partial charge in [-0.2, -0.15) is 4.57 Å². The standard InChI is InChI=1S/C29H34N5/c1-10-23-17-33(29(32(23)9)25-14-12-11-13-20(25)6)28-26(18(2)3)15-24(16-27(28)19(4)5)34-21(7)30-31-22(34)8/h1,11-19H,2-9H3/q+1. The predicted molar refractivity (Wildman–Crippen MR) is 138 cm³/mol. The summed E-state index contributed by atoms with van der Waals surface area (Å²) in [7, 11) is 2.05. The topological polar surface area (TPSA) is 39.5 Å². The van der Waals surface area contributed by atoms with Crippen LogP contribution in [0.5, 0.6) is 0 Å². The summed E-state index contributed by atoms with van der Waals surface area (Å²) in [5, 5.41) is 8.59. The molecule has 2 aromatic carbocycles. The molecule has 0 radical (unpaired) electrons. The molecule has 0 aliphatic carbocycles. The van der Waals surface area contributed by atoms with Gasteiger partial charge in [0.25, 0.3) is 5.82 Å². The van der Waals surface area contributed by atoms with Crippen LogP contribution in [0.15, 0.2) is 42.6 Å². The number of nitrogens with zero attached hydrogens (tertiary/aromatic N) is 5. The molecule has 0 N–H and O–H groups in total. The summed E-state index contributed by atoms with van der Waals surface area (Å²) in [4.78, 5) is 0. The van der Waals surface area contributed by atoms with Crippen molar-refractivity contribution in [2.45, 2.75) is 60.3 Å². The number of aromatic nitrogens is 5. The Hall–Kier alpha value is -3.65. The molecule has 34 heavy (non-hydrogen) atoms. The van der Waals surface area contributed by atoms with E-state index in [-0.39, 0.29) is 0 Å². The monoisotopic (exact) mass is 452 g/mol. The van der Waals surface area contributed by atoms with Gasteiger partial charge in [-0.25, -0.2) is 4.57 Å². The van der Waals surface area contributed by atoms with Crippen LogP contribution in [-0.2, 0) is 7.05 Å². The first kappa shape index (κ1) is 23.5. The lowest BCUT2D eigenvalue weighted by Crippen LogP contribution is -2.35. The molecular formula is C29H34N5+. The molecule has 0 unspecified atom stereocenters. The molecule has 2 heterocycles. The Balaban J connectivity index is 2.12. The lowest BCUT2D eigenvalue weighted by molar-refractivity contribution is -0.584. The summed E-state index contributed by atoms with van der Waals surface area (Å²) in [5.74, 6) is 6.34. The maximum absolute atomic E-state index is 5.94. The van der Waals surface area contributed by atoms with Gasteiger partial charge in [-0.1, -0.05) is 45.9 Å². The van der Waals surface area contributed by atoms with Gasteiger partial charge in [-0.3, -0.25) is 4.57 Å². The van der Waals surface area contributed by atoms with Gasteiger partial charge in [-0.15, -0.1) is 16.6 Å². The van der Waals surface area contributed by atoms with Crippen molar-refractivity contribution in [1.29, 1.82) is 0 Å². The number of aryl methyl sites for hydroxylation is 3. The van der Waals surface area contributed by atoms with Crippen LogP contribution in [0.1, 0.15) is 73.6 Å². The van der Waals surface area contributed by atoms with Crippen LogP contribution in [0, 0.1) is 33.1 Å². The van der Waals surface area contributed by atoms with Crippen LogP contribution in [-0.4, -0.2) is 19.3 Å². The SMILES string of the molecule is C#Cc1c[n+](-c2c(C(C)C)cc(-n3c(C)nnc3C)cc2C(C)C)c(-c2ccccc2C)n1C. The zero-order valence-corrected chi connectivity index (χ0v) is 21.5. The second kappa shape index (κ2) is 8.95. The summed E-state index contributed by atoms with van der Waals surface area (Å²) in [6, 6.07) is 13.0. The van der Waals surface area contributed by atoms with Crippen LogP contribution < -0.4 is 4.57 Å². The molecule has 4 aromatic rings. The van der Waals surface area contributed by atoms with Gasteiger partial charge in [0.05, 0.1) is 12.6 Å². The first-order chi connectivity index (χ1) is 16.1. The first-order valence-corrected chi connectivity index (χ1v) is 11.9. The van der Waals surface area contributed by atoms with E-state index in [4.69, 9.17) is 6.42 Å². The molecule has 0 amide bonds. The minimum absolute atomic E-state index is 0.302. The normalized spacial score (nSPS) is 11.4. The number of imidazole rings is 1. The number of hydrogen-bond donors (Lipinski definition) is 0. The largest absolute Gasteiger partial charge is 0.295 e. The zero-order chi connectivity index (χ0) is 24.7. The number of hydrogen-bond acceptors (Lipinski definition) is 2. The maximum Gasteiger partial charge on any atom is 0.295 e. The maximum atomic E-state index is 5.94. The van der Waals surface area contributed by atoms with E-state index in [1.807, 2.05) is 13.8 Å². The number of terminal acetylenes is 1. The van der Waals surface area contributed by atoms with Gasteiger partial charge >= 0.3 is 0 Å². The lowest BCUT2D eigenvalue weighted by Gasteiger charge is -2.21. The van der Waals surface area contributed by atoms with Gasteiger partial charge in [-0.05, 0) is 62.3 Å². The quantitative estimate of drug-likeness (QED) is 0.288. The fourth-order valence-corrected chi connectivity index (χ4v) is 4.78. The Morgan fingerprint density at radius 2 is 1.47 bits per heavy atom. The smallest absolute Gasteiger partial charge is 0.283 e. The van der Waals surface area contributed by atoms with Crippen molar-refractivity contribution in [1.82, 2.24) is 19.3 Å². The average molecular weight is 453 g/mol. The summed E-state index contributed by atoms with van der Waals surface area (Å²) < 4.78 is 6.56. The highest BCUT2D eigenvalue weighted by molar-refractivity contribution is 5.61. The Bertz CT molecular complexity index is 1360. The Morgan fingerprint density at radius 3 is 1.97 bits per heavy atom. The van der Waals surface area contributed by atoms with E-state index in [0.717, 1.165) is 28.9 Å². The Morgan fingerprint density at radius 1 is 0.912 bits per heavy atom. The molecular weight excluding hydrogens is 418 g/mol. The third-order valence-corrected chi connectivity index (χ3v) is 6.58. The minimum atomic E-state index is 0.302. The Labute approximate surface area is 203 Å². The molecule has 0 aliphatic heterocycles. The third-order valence-electron chi connectivity index (χ3n) is 6.58. The molecule has 0 saturated carbocycles. The average Bonchev–Trinajstić information content (AvgIpc) is 3.31. The highest BCUT2D eigenvalue weighted by atomic mass is 15.3. The van der Waals surface area contributed by atoms with E-state index < -0.39 is 0 Å². The summed E-state index contributed by atoms with van der Waals surface area (Å²) >= 11 is 0. The van der Waals surface area contributed by atoms with E-state index in [9.17, 15) is 0 Å². The van der Waals surface area contributed by atoms with Crippen LogP contribution in [0.4, 0.5) is 0 Å². The van der Waals surface area contributed by atoms with Crippen molar-refractivity contribution in [3.8, 4) is 35.1 Å². The van der Waals surface area contributed by atoms with Crippen molar-refractivity contribution in [2.75, 3.05) is 0 Å². The highest BCUT2D eigenvalue weighted by Crippen LogP contribution is 2.34. The van der Waals surface area contributed by atoms with Crippen molar-refractivity contribution in [3.63, 3.8) is 0 Å². The molecule has 0 saturated heterocycles. The van der Waals surface area contributed by atoms with Crippen LogP contribution in [0.3, 0.4) is 0 Å². The number of rotatable bonds is 5. The van der Waals surface area contributed by atoms with E-state index in [1.54, 1.807) is 0 Å².